The van der Waals surface area contributed by atoms with Gasteiger partial charge >= 0.3 is 0 Å². The van der Waals surface area contributed by atoms with Crippen LogP contribution in [0.5, 0.6) is 5.75 Å². The van der Waals surface area contributed by atoms with Gasteiger partial charge in [-0.1, -0.05) is 0 Å². The molecular formula is C11H8I2O3. The fourth-order valence-electron chi connectivity index (χ4n) is 1.54. The molecule has 0 fully saturated rings. The summed E-state index contributed by atoms with van der Waals surface area (Å²) in [5, 5.41) is 10.2. The number of hydrogen-bond donors (Lipinski definition) is 1. The van der Waals surface area contributed by atoms with Gasteiger partial charge in [-0.05, 0) is 64.6 Å². The van der Waals surface area contributed by atoms with Gasteiger partial charge in [0.05, 0.1) is 7.14 Å². The highest BCUT2D eigenvalue weighted by Gasteiger charge is 2.17. The molecule has 5 heteroatoms. The second-order valence-electron chi connectivity index (χ2n) is 3.53. The van der Waals surface area contributed by atoms with Crippen LogP contribution in [0.1, 0.15) is 11.3 Å². The molecule has 0 amide bonds. The van der Waals surface area contributed by atoms with Crippen LogP contribution in [0.25, 0.3) is 11.0 Å². The lowest BCUT2D eigenvalue weighted by atomic mass is 10.1. The van der Waals surface area contributed by atoms with Gasteiger partial charge in [0.25, 0.3) is 0 Å². The summed E-state index contributed by atoms with van der Waals surface area (Å²) >= 11 is 4.16. The molecule has 0 spiro atoms. The number of rotatable bonds is 0. The zero-order valence-corrected chi connectivity index (χ0v) is 12.9. The Bertz CT molecular complexity index is 644. The van der Waals surface area contributed by atoms with E-state index in [4.69, 9.17) is 4.42 Å². The highest BCUT2D eigenvalue weighted by atomic mass is 127. The van der Waals surface area contributed by atoms with Crippen LogP contribution in [-0.4, -0.2) is 5.11 Å². The molecule has 84 valence electrons. The first-order valence-corrected chi connectivity index (χ1v) is 6.70. The molecule has 1 aromatic carbocycles. The number of phenolic OH excluding ortho intramolecular Hbond substituents is 1. The standard InChI is InChI=1S/C11H8I2O3/c1-4-3-6(14)7-10(15)8(12)5(2)9(13)11(7)16-4/h3,15H,1-2H3. The average Bonchev–Trinajstić information content (AvgIpc) is 2.22. The number of phenols is 1. The monoisotopic (exact) mass is 442 g/mol. The number of halogens is 2. The molecule has 0 saturated carbocycles. The first-order valence-electron chi connectivity index (χ1n) is 4.54. The summed E-state index contributed by atoms with van der Waals surface area (Å²) in [5.74, 6) is 0.567. The quantitative estimate of drug-likeness (QED) is 0.638. The Morgan fingerprint density at radius 2 is 1.88 bits per heavy atom. The van der Waals surface area contributed by atoms with E-state index in [0.29, 0.717) is 14.9 Å². The van der Waals surface area contributed by atoms with Gasteiger partial charge in [-0.2, -0.15) is 0 Å². The smallest absolute Gasteiger partial charge is 0.196 e. The van der Waals surface area contributed by atoms with Crippen molar-refractivity contribution in [2.75, 3.05) is 0 Å². The summed E-state index contributed by atoms with van der Waals surface area (Å²) in [7, 11) is 0. The van der Waals surface area contributed by atoms with Crippen molar-refractivity contribution in [2.24, 2.45) is 0 Å². The Labute approximate surface area is 119 Å². The van der Waals surface area contributed by atoms with E-state index in [2.05, 4.69) is 22.6 Å². The van der Waals surface area contributed by atoms with Crippen LogP contribution in [-0.2, 0) is 0 Å². The van der Waals surface area contributed by atoms with Crippen LogP contribution in [0.4, 0.5) is 0 Å². The number of fused-ring (bicyclic) bond motifs is 1. The van der Waals surface area contributed by atoms with E-state index >= 15 is 0 Å². The zero-order chi connectivity index (χ0) is 12.0. The molecule has 0 atom stereocenters. The summed E-state index contributed by atoms with van der Waals surface area (Å²) in [4.78, 5) is 11.8. The predicted molar refractivity (Wildman–Crippen MR) is 79.1 cm³/mol. The molecule has 0 radical (unpaired) electrons. The molecule has 1 N–H and O–H groups in total. The van der Waals surface area contributed by atoms with Gasteiger partial charge in [0.2, 0.25) is 0 Å². The minimum Gasteiger partial charge on any atom is -0.506 e. The lowest BCUT2D eigenvalue weighted by molar-refractivity contribution is 0.474. The first kappa shape index (κ1) is 12.2. The maximum absolute atomic E-state index is 11.8. The summed E-state index contributed by atoms with van der Waals surface area (Å²) in [5.41, 5.74) is 1.20. The fourth-order valence-corrected chi connectivity index (χ4v) is 3.25. The third-order valence-electron chi connectivity index (χ3n) is 2.37. The fraction of sp³-hybridized carbons (Fsp3) is 0.182. The van der Waals surface area contributed by atoms with Crippen molar-refractivity contribution >= 4 is 56.2 Å². The molecule has 0 saturated heterocycles. The van der Waals surface area contributed by atoms with Gasteiger partial charge in [0.15, 0.2) is 11.0 Å². The molecule has 1 heterocycles. The van der Waals surface area contributed by atoms with Gasteiger partial charge in [-0.15, -0.1) is 0 Å². The Balaban J connectivity index is 3.15. The molecule has 3 nitrogen and oxygen atoms in total. The van der Waals surface area contributed by atoms with Crippen molar-refractivity contribution in [3.63, 3.8) is 0 Å². The lowest BCUT2D eigenvalue weighted by Crippen LogP contribution is -2.04. The van der Waals surface area contributed by atoms with Crippen molar-refractivity contribution in [3.8, 4) is 5.75 Å². The van der Waals surface area contributed by atoms with Crippen molar-refractivity contribution < 1.29 is 9.52 Å². The van der Waals surface area contributed by atoms with Crippen molar-refractivity contribution in [2.45, 2.75) is 13.8 Å². The highest BCUT2D eigenvalue weighted by Crippen LogP contribution is 2.35. The molecule has 0 aliphatic heterocycles. The second kappa shape index (κ2) is 4.17. The third kappa shape index (κ3) is 1.73. The molecule has 16 heavy (non-hydrogen) atoms. The molecule has 0 aliphatic carbocycles. The van der Waals surface area contributed by atoms with Crippen molar-refractivity contribution in [3.05, 3.63) is 34.8 Å². The predicted octanol–water partition coefficient (Wildman–Crippen LogP) is 3.32. The minimum absolute atomic E-state index is 0.0160. The molecular weight excluding hydrogens is 434 g/mol. The maximum atomic E-state index is 11.8. The highest BCUT2D eigenvalue weighted by molar-refractivity contribution is 14.1. The maximum Gasteiger partial charge on any atom is 0.196 e. The normalized spacial score (nSPS) is 11.0. The Hall–Kier alpha value is -0.310. The van der Waals surface area contributed by atoms with E-state index in [1.165, 1.54) is 6.07 Å². The van der Waals surface area contributed by atoms with Crippen LogP contribution >= 0.6 is 45.2 Å². The second-order valence-corrected chi connectivity index (χ2v) is 5.68. The van der Waals surface area contributed by atoms with Crippen LogP contribution in [0.2, 0.25) is 0 Å². The largest absolute Gasteiger partial charge is 0.506 e. The molecule has 2 rings (SSSR count). The van der Waals surface area contributed by atoms with E-state index in [1.807, 2.05) is 29.5 Å². The molecule has 2 aromatic rings. The van der Waals surface area contributed by atoms with Gasteiger partial charge in [-0.25, -0.2) is 0 Å². The van der Waals surface area contributed by atoms with Gasteiger partial charge in [-0.3, -0.25) is 4.79 Å². The molecule has 1 aromatic heterocycles. The van der Waals surface area contributed by atoms with Gasteiger partial charge in [0.1, 0.15) is 16.9 Å². The number of benzene rings is 1. The van der Waals surface area contributed by atoms with Crippen LogP contribution in [0, 0.1) is 21.0 Å². The summed E-state index contributed by atoms with van der Waals surface area (Å²) in [6.07, 6.45) is 0. The Morgan fingerprint density at radius 3 is 2.50 bits per heavy atom. The van der Waals surface area contributed by atoms with Crippen LogP contribution in [0.15, 0.2) is 15.3 Å². The van der Waals surface area contributed by atoms with Gasteiger partial charge in [0, 0.05) is 6.07 Å². The molecule has 0 aliphatic rings. The number of aryl methyl sites for hydroxylation is 1. The minimum atomic E-state index is -0.202. The van der Waals surface area contributed by atoms with E-state index in [-0.39, 0.29) is 16.6 Å². The van der Waals surface area contributed by atoms with Gasteiger partial charge < -0.3 is 9.52 Å². The number of aromatic hydroxyl groups is 1. The number of hydrogen-bond acceptors (Lipinski definition) is 3. The van der Waals surface area contributed by atoms with Crippen molar-refractivity contribution in [1.82, 2.24) is 0 Å². The SMILES string of the molecule is Cc1cc(=O)c2c(O)c(I)c(C)c(I)c2o1. The topological polar surface area (TPSA) is 50.4 Å². The van der Waals surface area contributed by atoms with Crippen LogP contribution in [0.3, 0.4) is 0 Å². The summed E-state index contributed by atoms with van der Waals surface area (Å²) in [6, 6.07) is 1.39. The molecule has 0 bridgehead atoms. The third-order valence-corrected chi connectivity index (χ3v) is 4.99. The Morgan fingerprint density at radius 1 is 1.25 bits per heavy atom. The van der Waals surface area contributed by atoms with E-state index < -0.39 is 0 Å². The van der Waals surface area contributed by atoms with E-state index in [1.54, 1.807) is 6.92 Å². The zero-order valence-electron chi connectivity index (χ0n) is 8.60. The van der Waals surface area contributed by atoms with Crippen molar-refractivity contribution in [1.29, 1.82) is 0 Å². The summed E-state index contributed by atoms with van der Waals surface area (Å²) in [6.45, 7) is 3.62. The average molecular weight is 442 g/mol. The summed E-state index contributed by atoms with van der Waals surface area (Å²) < 4.78 is 7.09. The van der Waals surface area contributed by atoms with E-state index in [0.717, 1.165) is 9.13 Å². The molecule has 0 unspecified atom stereocenters. The van der Waals surface area contributed by atoms with E-state index in [9.17, 15) is 9.90 Å². The first-order chi connectivity index (χ1) is 7.43. The Kier molecular flexibility index (Phi) is 3.17. The lowest BCUT2D eigenvalue weighted by Gasteiger charge is -2.09. The van der Waals surface area contributed by atoms with Crippen LogP contribution < -0.4 is 5.43 Å².